The van der Waals surface area contributed by atoms with Crippen molar-refractivity contribution in [3.8, 4) is 0 Å². The second kappa shape index (κ2) is 7.60. The van der Waals surface area contributed by atoms with Crippen molar-refractivity contribution < 1.29 is 0 Å². The van der Waals surface area contributed by atoms with Crippen LogP contribution in [0.3, 0.4) is 0 Å². The Hall–Kier alpha value is -2.14. The number of nitrogens with zero attached hydrogens (tertiary/aromatic N) is 4. The third-order valence-electron chi connectivity index (χ3n) is 7.66. The van der Waals surface area contributed by atoms with Crippen molar-refractivity contribution in [3.05, 3.63) is 47.4 Å². The van der Waals surface area contributed by atoms with Gasteiger partial charge >= 0.3 is 0 Å². The number of aromatic nitrogens is 2. The maximum atomic E-state index is 4.76. The van der Waals surface area contributed by atoms with Crippen LogP contribution in [0.2, 0.25) is 0 Å². The number of likely N-dealkylation sites (tertiary alicyclic amines) is 1. The van der Waals surface area contributed by atoms with Crippen LogP contribution in [0.25, 0.3) is 0 Å². The quantitative estimate of drug-likeness (QED) is 0.841. The molecule has 2 saturated heterocycles. The zero-order valence-electron chi connectivity index (χ0n) is 17.8. The third kappa shape index (κ3) is 3.50. The van der Waals surface area contributed by atoms with E-state index in [0.29, 0.717) is 5.41 Å². The molecule has 1 aromatic carbocycles. The highest BCUT2D eigenvalue weighted by Crippen LogP contribution is 2.45. The van der Waals surface area contributed by atoms with Crippen LogP contribution in [-0.2, 0) is 5.41 Å². The van der Waals surface area contributed by atoms with Crippen LogP contribution in [0.1, 0.15) is 49.1 Å². The number of nitrogens with one attached hydrogen (secondary N) is 1. The fourth-order valence-corrected chi connectivity index (χ4v) is 5.65. The molecule has 0 unspecified atom stereocenters. The van der Waals surface area contributed by atoms with Crippen molar-refractivity contribution in [3.63, 3.8) is 0 Å². The van der Waals surface area contributed by atoms with Gasteiger partial charge in [-0.05, 0) is 70.7 Å². The molecule has 29 heavy (non-hydrogen) atoms. The molecule has 3 aliphatic rings. The first-order valence-electron chi connectivity index (χ1n) is 11.3. The summed E-state index contributed by atoms with van der Waals surface area (Å²) in [5, 5.41) is 3.61. The number of hydrogen-bond acceptors (Lipinski definition) is 5. The van der Waals surface area contributed by atoms with E-state index < -0.39 is 0 Å². The van der Waals surface area contributed by atoms with Crippen molar-refractivity contribution in [2.75, 3.05) is 42.9 Å². The summed E-state index contributed by atoms with van der Waals surface area (Å²) in [6.45, 7) is 9.87. The van der Waals surface area contributed by atoms with Gasteiger partial charge in [0.1, 0.15) is 5.82 Å². The maximum absolute atomic E-state index is 4.76. The molecule has 3 aliphatic heterocycles. The highest BCUT2D eigenvalue weighted by atomic mass is 15.2. The lowest BCUT2D eigenvalue weighted by Crippen LogP contribution is -2.51. The van der Waals surface area contributed by atoms with E-state index in [1.165, 1.54) is 50.9 Å². The van der Waals surface area contributed by atoms with Crippen LogP contribution in [0, 0.1) is 13.8 Å². The average molecular weight is 392 g/mol. The molecular weight excluding hydrogens is 358 g/mol. The summed E-state index contributed by atoms with van der Waals surface area (Å²) >= 11 is 0. The smallest absolute Gasteiger partial charge is 0.147 e. The van der Waals surface area contributed by atoms with Gasteiger partial charge in [0.25, 0.3) is 0 Å². The van der Waals surface area contributed by atoms with E-state index in [1.54, 1.807) is 5.56 Å². The molecule has 0 amide bonds. The minimum atomic E-state index is 0.397. The van der Waals surface area contributed by atoms with Gasteiger partial charge in [0.05, 0.1) is 17.6 Å². The Morgan fingerprint density at radius 1 is 0.966 bits per heavy atom. The number of para-hydroxylation sites is 1. The largest absolute Gasteiger partial charge is 0.385 e. The van der Waals surface area contributed by atoms with Crippen LogP contribution in [0.4, 0.5) is 11.5 Å². The van der Waals surface area contributed by atoms with Crippen LogP contribution in [0.5, 0.6) is 0 Å². The lowest BCUT2D eigenvalue weighted by atomic mass is 9.68. The zero-order chi connectivity index (χ0) is 19.8. The Morgan fingerprint density at radius 2 is 1.72 bits per heavy atom. The van der Waals surface area contributed by atoms with Crippen molar-refractivity contribution in [2.45, 2.75) is 57.4 Å². The average Bonchev–Trinajstić information content (AvgIpc) is 2.77. The second-order valence-corrected chi connectivity index (χ2v) is 9.16. The molecule has 2 aromatic rings. The van der Waals surface area contributed by atoms with Crippen molar-refractivity contribution in [1.82, 2.24) is 14.9 Å². The monoisotopic (exact) mass is 391 g/mol. The van der Waals surface area contributed by atoms with Gasteiger partial charge in [-0.25, -0.2) is 4.98 Å². The summed E-state index contributed by atoms with van der Waals surface area (Å²) < 4.78 is 0. The molecule has 1 spiro atoms. The van der Waals surface area contributed by atoms with Gasteiger partial charge in [0.2, 0.25) is 0 Å². The van der Waals surface area contributed by atoms with Crippen LogP contribution in [-0.4, -0.2) is 53.6 Å². The Labute approximate surface area is 174 Å². The Morgan fingerprint density at radius 3 is 2.48 bits per heavy atom. The molecule has 2 fully saturated rings. The molecule has 5 nitrogen and oxygen atoms in total. The highest BCUT2D eigenvalue weighted by molar-refractivity contribution is 5.57. The number of fused-ring (bicyclic) bond motifs is 2. The lowest BCUT2D eigenvalue weighted by Gasteiger charge is -2.48. The molecular formula is C24H33N5. The van der Waals surface area contributed by atoms with E-state index in [0.717, 1.165) is 42.9 Å². The molecule has 0 aliphatic carbocycles. The zero-order valence-corrected chi connectivity index (χ0v) is 17.8. The summed E-state index contributed by atoms with van der Waals surface area (Å²) in [5.74, 6) is 1.05. The summed E-state index contributed by atoms with van der Waals surface area (Å²) in [6, 6.07) is 9.72. The van der Waals surface area contributed by atoms with Crippen LogP contribution in [0.15, 0.2) is 30.5 Å². The molecule has 1 N–H and O–H groups in total. The number of aryl methyl sites for hydroxylation is 2. The van der Waals surface area contributed by atoms with E-state index in [2.05, 4.69) is 51.3 Å². The standard InChI is InChI=1S/C24H33N5/c1-18-19(2)27-23(17-26-18)29-13-7-20(8-14-29)28-15-10-24(11-16-28)9-12-25-22-6-4-3-5-21(22)24/h3-6,17,20,25H,7-16H2,1-2H3. The Bertz CT molecular complexity index is 863. The number of hydrogen-bond donors (Lipinski definition) is 1. The number of piperidine rings is 2. The normalized spacial score (nSPS) is 22.3. The van der Waals surface area contributed by atoms with Gasteiger partial charge in [-0.1, -0.05) is 18.2 Å². The van der Waals surface area contributed by atoms with Gasteiger partial charge in [-0.15, -0.1) is 0 Å². The predicted octanol–water partition coefficient (Wildman–Crippen LogP) is 3.91. The van der Waals surface area contributed by atoms with E-state index in [9.17, 15) is 0 Å². The SMILES string of the molecule is Cc1ncc(N2CCC(N3CCC4(CCNc5ccccc54)CC3)CC2)nc1C. The van der Waals surface area contributed by atoms with Crippen molar-refractivity contribution >= 4 is 11.5 Å². The molecule has 154 valence electrons. The first-order valence-corrected chi connectivity index (χ1v) is 11.3. The molecule has 4 heterocycles. The van der Waals surface area contributed by atoms with Gasteiger partial charge < -0.3 is 15.1 Å². The lowest BCUT2D eigenvalue weighted by molar-refractivity contribution is 0.0959. The molecule has 5 rings (SSSR count). The fraction of sp³-hybridized carbons (Fsp3) is 0.583. The number of rotatable bonds is 2. The first kappa shape index (κ1) is 18.9. The number of benzene rings is 1. The first-order chi connectivity index (χ1) is 14.1. The predicted molar refractivity (Wildman–Crippen MR) is 119 cm³/mol. The minimum Gasteiger partial charge on any atom is -0.385 e. The Balaban J connectivity index is 1.20. The van der Waals surface area contributed by atoms with Gasteiger partial charge in [-0.2, -0.15) is 0 Å². The molecule has 0 radical (unpaired) electrons. The van der Waals surface area contributed by atoms with Crippen LogP contribution >= 0.6 is 0 Å². The summed E-state index contributed by atoms with van der Waals surface area (Å²) in [7, 11) is 0. The van der Waals surface area contributed by atoms with E-state index in [4.69, 9.17) is 4.98 Å². The third-order valence-corrected chi connectivity index (χ3v) is 7.66. The number of anilines is 2. The van der Waals surface area contributed by atoms with Crippen LogP contribution < -0.4 is 10.2 Å². The van der Waals surface area contributed by atoms with Gasteiger partial charge in [-0.3, -0.25) is 4.98 Å². The highest BCUT2D eigenvalue weighted by Gasteiger charge is 2.40. The topological polar surface area (TPSA) is 44.3 Å². The Kier molecular flexibility index (Phi) is 4.94. The van der Waals surface area contributed by atoms with Gasteiger partial charge in [0.15, 0.2) is 0 Å². The fourth-order valence-electron chi connectivity index (χ4n) is 5.65. The molecule has 1 aromatic heterocycles. The minimum absolute atomic E-state index is 0.397. The molecule has 5 heteroatoms. The van der Waals surface area contributed by atoms with Gasteiger partial charge in [0, 0.05) is 36.8 Å². The molecule has 0 bridgehead atoms. The van der Waals surface area contributed by atoms with E-state index in [-0.39, 0.29) is 0 Å². The summed E-state index contributed by atoms with van der Waals surface area (Å²) in [5.41, 5.74) is 5.41. The molecule has 0 saturated carbocycles. The maximum Gasteiger partial charge on any atom is 0.147 e. The summed E-state index contributed by atoms with van der Waals surface area (Å²) in [4.78, 5) is 14.5. The van der Waals surface area contributed by atoms with Crippen molar-refractivity contribution in [2.24, 2.45) is 0 Å². The van der Waals surface area contributed by atoms with E-state index in [1.807, 2.05) is 13.1 Å². The van der Waals surface area contributed by atoms with Crippen molar-refractivity contribution in [1.29, 1.82) is 0 Å². The summed E-state index contributed by atoms with van der Waals surface area (Å²) in [6.07, 6.45) is 8.30. The second-order valence-electron chi connectivity index (χ2n) is 9.16. The van der Waals surface area contributed by atoms with E-state index >= 15 is 0 Å². The molecule has 0 atom stereocenters.